The zero-order valence-electron chi connectivity index (χ0n) is 16.0. The maximum absolute atomic E-state index is 12.8. The van der Waals surface area contributed by atoms with Crippen LogP contribution in [0.3, 0.4) is 0 Å². The van der Waals surface area contributed by atoms with Crippen molar-refractivity contribution in [3.05, 3.63) is 68.2 Å². The zero-order valence-corrected chi connectivity index (χ0v) is 17.6. The van der Waals surface area contributed by atoms with Gasteiger partial charge >= 0.3 is 18.1 Å². The van der Waals surface area contributed by atoms with Crippen LogP contribution in [0.15, 0.2) is 50.2 Å². The van der Waals surface area contributed by atoms with Gasteiger partial charge in [0.15, 0.2) is 0 Å². The van der Waals surface area contributed by atoms with Crippen molar-refractivity contribution in [3.8, 4) is 0 Å². The van der Waals surface area contributed by atoms with E-state index in [2.05, 4.69) is 15.9 Å². The Kier molecular flexibility index (Phi) is 6.54. The van der Waals surface area contributed by atoms with Gasteiger partial charge in [-0.05, 0) is 31.2 Å². The average molecular weight is 502 g/mol. The van der Waals surface area contributed by atoms with E-state index in [1.165, 1.54) is 0 Å². The Balaban J connectivity index is 1.83. The van der Waals surface area contributed by atoms with Crippen LogP contribution in [-0.2, 0) is 33.6 Å². The minimum atomic E-state index is -4.67. The monoisotopic (exact) mass is 501 g/mol. The van der Waals surface area contributed by atoms with Crippen molar-refractivity contribution in [1.29, 1.82) is 0 Å². The lowest BCUT2D eigenvalue weighted by atomic mass is 10.1. The molecule has 164 valence electrons. The third kappa shape index (κ3) is 5.16. The van der Waals surface area contributed by atoms with Crippen LogP contribution in [0.1, 0.15) is 28.6 Å². The van der Waals surface area contributed by atoms with Crippen LogP contribution in [0, 0.1) is 0 Å². The number of pyridine rings is 1. The van der Waals surface area contributed by atoms with Crippen molar-refractivity contribution in [1.82, 2.24) is 4.57 Å². The Morgan fingerprint density at radius 1 is 1.16 bits per heavy atom. The van der Waals surface area contributed by atoms with E-state index in [1.807, 2.05) is 0 Å². The van der Waals surface area contributed by atoms with E-state index >= 15 is 0 Å². The second-order valence-electron chi connectivity index (χ2n) is 6.31. The summed E-state index contributed by atoms with van der Waals surface area (Å²) in [6.45, 7) is 0.558. The minimum Gasteiger partial charge on any atom is -0.460 e. The first kappa shape index (κ1) is 22.6. The number of nitrogens with zero attached hydrogens (tertiary/aromatic N) is 1. The number of hydrogen-bond donors (Lipinski definition) is 0. The van der Waals surface area contributed by atoms with Gasteiger partial charge in [0.05, 0.1) is 17.7 Å². The second kappa shape index (κ2) is 8.96. The van der Waals surface area contributed by atoms with E-state index in [1.54, 1.807) is 25.1 Å². The third-order valence-corrected chi connectivity index (χ3v) is 4.69. The number of halogens is 4. The highest BCUT2D eigenvalue weighted by molar-refractivity contribution is 9.10. The molecule has 0 bridgehead atoms. The molecular weight excluding hydrogens is 487 g/mol. The van der Waals surface area contributed by atoms with Gasteiger partial charge in [0.25, 0.3) is 5.56 Å². The van der Waals surface area contributed by atoms with Crippen molar-refractivity contribution < 1.29 is 36.7 Å². The number of carbonyl (C=O) groups excluding carboxylic acids is 2. The maximum atomic E-state index is 12.8. The normalized spacial score (nSPS) is 11.5. The molecule has 2 aromatic heterocycles. The van der Waals surface area contributed by atoms with Crippen molar-refractivity contribution >= 4 is 38.8 Å². The quantitative estimate of drug-likeness (QED) is 0.468. The number of esters is 2. The van der Waals surface area contributed by atoms with Gasteiger partial charge in [0, 0.05) is 22.1 Å². The molecule has 0 N–H and O–H groups in total. The van der Waals surface area contributed by atoms with Gasteiger partial charge in [-0.25, -0.2) is 4.79 Å². The number of carbonyl (C=O) groups is 2. The lowest BCUT2D eigenvalue weighted by molar-refractivity contribution is -0.146. The number of benzene rings is 1. The molecule has 0 saturated heterocycles. The number of aromatic nitrogens is 1. The summed E-state index contributed by atoms with van der Waals surface area (Å²) in [6, 6.07) is 6.30. The molecule has 0 aliphatic carbocycles. The van der Waals surface area contributed by atoms with E-state index < -0.39 is 42.4 Å². The first-order valence-electron chi connectivity index (χ1n) is 8.91. The number of hydrogen-bond acceptors (Lipinski definition) is 6. The number of rotatable bonds is 6. The highest BCUT2D eigenvalue weighted by atomic mass is 79.9. The van der Waals surface area contributed by atoms with Gasteiger partial charge < -0.3 is 18.5 Å². The highest BCUT2D eigenvalue weighted by Crippen LogP contribution is 2.30. The molecule has 3 aromatic rings. The summed E-state index contributed by atoms with van der Waals surface area (Å²) in [5, 5.41) is 0.487. The van der Waals surface area contributed by atoms with E-state index in [-0.39, 0.29) is 17.9 Å². The summed E-state index contributed by atoms with van der Waals surface area (Å²) >= 11 is 3.30. The van der Waals surface area contributed by atoms with E-state index in [4.69, 9.17) is 13.9 Å². The molecule has 1 aromatic carbocycles. The van der Waals surface area contributed by atoms with Gasteiger partial charge in [-0.3, -0.25) is 9.59 Å². The first-order chi connectivity index (χ1) is 14.6. The Bertz CT molecular complexity index is 1200. The molecule has 0 atom stereocenters. The summed E-state index contributed by atoms with van der Waals surface area (Å²) < 4.78 is 55.4. The Morgan fingerprint density at radius 2 is 1.90 bits per heavy atom. The molecule has 0 amide bonds. The predicted octanol–water partition coefficient (Wildman–Crippen LogP) is 4.30. The molecule has 7 nitrogen and oxygen atoms in total. The smallest absolute Gasteiger partial charge is 0.417 e. The maximum Gasteiger partial charge on any atom is 0.417 e. The van der Waals surface area contributed by atoms with Gasteiger partial charge in [-0.15, -0.1) is 0 Å². The fourth-order valence-corrected chi connectivity index (χ4v) is 3.15. The van der Waals surface area contributed by atoms with Gasteiger partial charge in [-0.2, -0.15) is 13.2 Å². The van der Waals surface area contributed by atoms with Crippen LogP contribution < -0.4 is 5.56 Å². The molecule has 0 radical (unpaired) electrons. The summed E-state index contributed by atoms with van der Waals surface area (Å²) in [5.74, 6) is -1.88. The lowest BCUT2D eigenvalue weighted by Crippen LogP contribution is -2.26. The number of furan rings is 1. The molecule has 11 heteroatoms. The summed E-state index contributed by atoms with van der Waals surface area (Å²) in [5.41, 5.74) is -1.28. The fourth-order valence-electron chi connectivity index (χ4n) is 2.79. The predicted molar refractivity (Wildman–Crippen MR) is 105 cm³/mol. The fraction of sp³-hybridized carbons (Fsp3) is 0.250. The van der Waals surface area contributed by atoms with Crippen molar-refractivity contribution in [2.24, 2.45) is 0 Å². The Hall–Kier alpha value is -3.08. The topological polar surface area (TPSA) is 87.7 Å². The molecule has 0 aliphatic rings. The molecule has 0 aliphatic heterocycles. The highest BCUT2D eigenvalue weighted by Gasteiger charge is 2.31. The summed E-state index contributed by atoms with van der Waals surface area (Å²) in [4.78, 5) is 36.2. The molecule has 3 rings (SSSR count). The standard InChI is InChI=1S/C20H15BrF3NO6/c1-2-29-19(28)18-14(13-7-12(21)4-5-15(13)31-18)10-30-17(27)9-25-8-11(20(22,23)24)3-6-16(25)26/h3-8H,2,9-10H2,1H3. The number of alkyl halides is 3. The van der Waals surface area contributed by atoms with Crippen LogP contribution in [0.25, 0.3) is 11.0 Å². The van der Waals surface area contributed by atoms with Crippen LogP contribution in [0.2, 0.25) is 0 Å². The first-order valence-corrected chi connectivity index (χ1v) is 9.70. The lowest BCUT2D eigenvalue weighted by Gasteiger charge is -2.11. The number of ether oxygens (including phenoxy) is 2. The van der Waals surface area contributed by atoms with Crippen molar-refractivity contribution in [2.45, 2.75) is 26.3 Å². The molecule has 2 heterocycles. The van der Waals surface area contributed by atoms with E-state index in [0.717, 1.165) is 6.07 Å². The SMILES string of the molecule is CCOC(=O)c1oc2ccc(Br)cc2c1COC(=O)Cn1cc(C(F)(F)F)ccc1=O. The second-order valence-corrected chi connectivity index (χ2v) is 7.23. The van der Waals surface area contributed by atoms with Crippen LogP contribution in [-0.4, -0.2) is 23.1 Å². The van der Waals surface area contributed by atoms with Crippen molar-refractivity contribution in [3.63, 3.8) is 0 Å². The summed E-state index contributed by atoms with van der Waals surface area (Å²) in [6.07, 6.45) is -4.13. The molecule has 0 fully saturated rings. The van der Waals surface area contributed by atoms with E-state index in [9.17, 15) is 27.6 Å². The third-order valence-electron chi connectivity index (χ3n) is 4.20. The number of fused-ring (bicyclic) bond motifs is 1. The molecule has 31 heavy (non-hydrogen) atoms. The molecule has 0 spiro atoms. The molecule has 0 unspecified atom stereocenters. The van der Waals surface area contributed by atoms with Crippen LogP contribution >= 0.6 is 15.9 Å². The average Bonchev–Trinajstić information content (AvgIpc) is 3.05. The minimum absolute atomic E-state index is 0.0945. The van der Waals surface area contributed by atoms with E-state index in [0.29, 0.717) is 32.3 Å². The Morgan fingerprint density at radius 3 is 2.58 bits per heavy atom. The molecular formula is C20H15BrF3NO6. The van der Waals surface area contributed by atoms with Gasteiger partial charge in [0.2, 0.25) is 5.76 Å². The Labute approximate surface area is 181 Å². The molecule has 0 saturated carbocycles. The van der Waals surface area contributed by atoms with Crippen LogP contribution in [0.5, 0.6) is 0 Å². The van der Waals surface area contributed by atoms with Gasteiger partial charge in [0.1, 0.15) is 18.7 Å². The van der Waals surface area contributed by atoms with Crippen molar-refractivity contribution in [2.75, 3.05) is 6.61 Å². The van der Waals surface area contributed by atoms with Gasteiger partial charge in [-0.1, -0.05) is 15.9 Å². The van der Waals surface area contributed by atoms with Crippen LogP contribution in [0.4, 0.5) is 13.2 Å². The zero-order chi connectivity index (χ0) is 22.8. The summed E-state index contributed by atoms with van der Waals surface area (Å²) in [7, 11) is 0. The largest absolute Gasteiger partial charge is 0.460 e.